The van der Waals surface area contributed by atoms with E-state index >= 15 is 0 Å². The Hall–Kier alpha value is -1.35. The minimum Gasteiger partial charge on any atom is -0.457 e. The van der Waals surface area contributed by atoms with Crippen LogP contribution in [0.5, 0.6) is 0 Å². The molecule has 0 aliphatic rings. The molecule has 0 aromatic heterocycles. The molecule has 0 radical (unpaired) electrons. The number of esters is 3. The number of carbonyl (C=O) groups excluding carboxylic acids is 4. The van der Waals surface area contributed by atoms with Crippen molar-refractivity contribution in [3.05, 3.63) is 0 Å². The SMILES string of the molecule is CC(C)C(=O)COC(=O)C(C)C.CC(C)C(=O)OC(=O)C(C)C.CC(C)C=NC(C)C.CC(C)SSC(C)C. The summed E-state index contributed by atoms with van der Waals surface area (Å²) in [5.74, 6) is -1.37. The fourth-order valence-corrected chi connectivity index (χ4v) is 3.15. The highest BCUT2D eigenvalue weighted by atomic mass is 33.1. The van der Waals surface area contributed by atoms with Gasteiger partial charge in [0.15, 0.2) is 5.78 Å². The molecule has 0 aromatic carbocycles. The topological polar surface area (TPSA) is 99.1 Å². The molecule has 0 saturated carbocycles. The van der Waals surface area contributed by atoms with Gasteiger partial charge in [0, 0.05) is 28.7 Å². The maximum atomic E-state index is 11.0. The van der Waals surface area contributed by atoms with Crippen molar-refractivity contribution in [3.8, 4) is 0 Å². The van der Waals surface area contributed by atoms with Gasteiger partial charge in [-0.1, -0.05) is 119 Å². The molecule has 232 valence electrons. The van der Waals surface area contributed by atoms with Crippen LogP contribution in [-0.2, 0) is 28.7 Å². The molecule has 0 amide bonds. The minimum absolute atomic E-state index is 0.0380. The van der Waals surface area contributed by atoms with Crippen molar-refractivity contribution in [3.63, 3.8) is 0 Å². The molecule has 0 unspecified atom stereocenters. The van der Waals surface area contributed by atoms with Crippen molar-refractivity contribution in [1.29, 1.82) is 0 Å². The molecule has 9 heteroatoms. The molecule has 0 saturated heterocycles. The first-order valence-electron chi connectivity index (χ1n) is 14.0. The van der Waals surface area contributed by atoms with Crippen molar-refractivity contribution < 1.29 is 28.7 Å². The van der Waals surface area contributed by atoms with Gasteiger partial charge in [-0.2, -0.15) is 0 Å². The predicted molar refractivity (Wildman–Crippen MR) is 170 cm³/mol. The molecule has 0 bridgehead atoms. The van der Waals surface area contributed by atoms with Crippen LogP contribution in [0.25, 0.3) is 0 Å². The lowest BCUT2D eigenvalue weighted by Crippen LogP contribution is -2.20. The summed E-state index contributed by atoms with van der Waals surface area (Å²) in [7, 11) is 3.91. The lowest BCUT2D eigenvalue weighted by atomic mass is 10.1. The Labute approximate surface area is 248 Å². The maximum absolute atomic E-state index is 11.0. The van der Waals surface area contributed by atoms with E-state index < -0.39 is 11.9 Å². The number of rotatable bonds is 11. The van der Waals surface area contributed by atoms with E-state index in [1.807, 2.05) is 27.8 Å². The number of nitrogens with zero attached hydrogens (tertiary/aromatic N) is 1. The van der Waals surface area contributed by atoms with Gasteiger partial charge in [-0.25, -0.2) is 0 Å². The Morgan fingerprint density at radius 2 is 0.949 bits per heavy atom. The number of ether oxygens (including phenoxy) is 2. The molecule has 0 fully saturated rings. The molecule has 39 heavy (non-hydrogen) atoms. The molecule has 0 heterocycles. The molecule has 0 spiro atoms. The fraction of sp³-hybridized carbons (Fsp3) is 0.833. The van der Waals surface area contributed by atoms with Crippen LogP contribution in [0, 0.1) is 29.6 Å². The van der Waals surface area contributed by atoms with Gasteiger partial charge in [0.05, 0.1) is 17.8 Å². The Bertz CT molecular complexity index is 629. The Morgan fingerprint density at radius 1 is 0.590 bits per heavy atom. The molecular weight excluding hydrogens is 534 g/mol. The van der Waals surface area contributed by atoms with Crippen LogP contribution in [0.1, 0.15) is 111 Å². The zero-order valence-corrected chi connectivity index (χ0v) is 29.2. The van der Waals surface area contributed by atoms with Gasteiger partial charge in [-0.05, 0) is 19.8 Å². The smallest absolute Gasteiger partial charge is 0.316 e. The summed E-state index contributed by atoms with van der Waals surface area (Å²) in [6, 6.07) is 0.456. The van der Waals surface area contributed by atoms with E-state index in [1.165, 1.54) is 0 Å². The van der Waals surface area contributed by atoms with Crippen molar-refractivity contribution >= 4 is 51.5 Å². The Balaban J connectivity index is -0.000000213. The second-order valence-corrected chi connectivity index (χ2v) is 14.8. The van der Waals surface area contributed by atoms with Gasteiger partial charge in [-0.15, -0.1) is 0 Å². The van der Waals surface area contributed by atoms with E-state index in [9.17, 15) is 19.2 Å². The number of hydrogen-bond donors (Lipinski definition) is 0. The molecule has 0 N–H and O–H groups in total. The van der Waals surface area contributed by atoms with Crippen LogP contribution in [0.3, 0.4) is 0 Å². The highest BCUT2D eigenvalue weighted by molar-refractivity contribution is 8.77. The number of aliphatic imine (C=N–C) groups is 1. The first-order chi connectivity index (χ1) is 17.6. The summed E-state index contributed by atoms with van der Waals surface area (Å²) in [5.41, 5.74) is 0. The summed E-state index contributed by atoms with van der Waals surface area (Å²) in [5, 5.41) is 1.53. The minimum atomic E-state index is -0.455. The third-order valence-corrected chi connectivity index (χ3v) is 7.26. The number of Topliss-reactive ketones (excluding diaryl/α,β-unsaturated/α-hetero) is 1. The second kappa shape index (κ2) is 26.9. The van der Waals surface area contributed by atoms with Crippen LogP contribution in [0.2, 0.25) is 0 Å². The first-order valence-corrected chi connectivity index (χ1v) is 16.2. The summed E-state index contributed by atoms with van der Waals surface area (Å²) >= 11 is 0. The molecule has 0 aromatic rings. The van der Waals surface area contributed by atoms with E-state index in [0.717, 1.165) is 10.5 Å². The molecule has 0 aliphatic carbocycles. The van der Waals surface area contributed by atoms with E-state index in [0.29, 0.717) is 12.0 Å². The zero-order chi connectivity index (χ0) is 31.9. The van der Waals surface area contributed by atoms with Gasteiger partial charge >= 0.3 is 17.9 Å². The summed E-state index contributed by atoms with van der Waals surface area (Å²) in [6.45, 7) is 31.0. The van der Waals surface area contributed by atoms with Crippen LogP contribution >= 0.6 is 21.6 Å². The van der Waals surface area contributed by atoms with Crippen molar-refractivity contribution in [2.24, 2.45) is 34.6 Å². The summed E-state index contributed by atoms with van der Waals surface area (Å²) < 4.78 is 9.23. The monoisotopic (exact) mass is 593 g/mol. The molecular formula is C30H59NO6S2. The van der Waals surface area contributed by atoms with Gasteiger partial charge in [0.1, 0.15) is 6.61 Å². The maximum Gasteiger partial charge on any atom is 0.316 e. The van der Waals surface area contributed by atoms with E-state index in [2.05, 4.69) is 65.1 Å². The van der Waals surface area contributed by atoms with Crippen LogP contribution in [0.15, 0.2) is 4.99 Å². The van der Waals surface area contributed by atoms with Crippen LogP contribution < -0.4 is 0 Å². The number of carbonyl (C=O) groups is 4. The third kappa shape index (κ3) is 38.9. The second-order valence-electron chi connectivity index (χ2n) is 11.4. The lowest BCUT2D eigenvalue weighted by molar-refractivity contribution is -0.164. The van der Waals surface area contributed by atoms with Crippen molar-refractivity contribution in [2.45, 2.75) is 127 Å². The lowest BCUT2D eigenvalue weighted by Gasteiger charge is -2.07. The predicted octanol–water partition coefficient (Wildman–Crippen LogP) is 8.09. The molecule has 7 nitrogen and oxygen atoms in total. The van der Waals surface area contributed by atoms with Crippen LogP contribution in [-0.4, -0.2) is 53.1 Å². The van der Waals surface area contributed by atoms with E-state index in [1.54, 1.807) is 55.4 Å². The highest BCUT2D eigenvalue weighted by Gasteiger charge is 2.16. The quantitative estimate of drug-likeness (QED) is 0.103. The first kappa shape index (κ1) is 44.7. The van der Waals surface area contributed by atoms with Crippen LogP contribution in [0.4, 0.5) is 0 Å². The largest absolute Gasteiger partial charge is 0.457 e. The Morgan fingerprint density at radius 3 is 1.15 bits per heavy atom. The molecule has 0 atom stereocenters. The van der Waals surface area contributed by atoms with Gasteiger partial charge in [-0.3, -0.25) is 24.2 Å². The van der Waals surface area contributed by atoms with E-state index in [-0.39, 0.29) is 42.0 Å². The average Bonchev–Trinajstić information content (AvgIpc) is 2.80. The Kier molecular flexibility index (Phi) is 30.7. The highest BCUT2D eigenvalue weighted by Crippen LogP contribution is 2.29. The standard InChI is InChI=1S/C9H16O3.C8H14O3.C7H15N.C6H14S2/c1-6(2)8(10)5-12-9(11)7(3)4;1-5(2)7(9)11-8(10)6(3)4;1-6(2)5-8-7(3)4;1-5(2)7-8-6(3)4/h6-7H,5H2,1-4H3;5-6H,1-4H3;5-7H,1-4H3;5-6H,1-4H3. The summed E-state index contributed by atoms with van der Waals surface area (Å²) in [6.07, 6.45) is 1.99. The van der Waals surface area contributed by atoms with Gasteiger partial charge < -0.3 is 9.47 Å². The van der Waals surface area contributed by atoms with Crippen molar-refractivity contribution in [1.82, 2.24) is 0 Å². The number of ketones is 1. The zero-order valence-electron chi connectivity index (χ0n) is 27.6. The number of hydrogen-bond acceptors (Lipinski definition) is 9. The normalized spacial score (nSPS) is 11.0. The fourth-order valence-electron chi connectivity index (χ4n) is 1.38. The average molecular weight is 594 g/mol. The molecule has 0 rings (SSSR count). The van der Waals surface area contributed by atoms with Crippen molar-refractivity contribution in [2.75, 3.05) is 6.61 Å². The third-order valence-electron chi connectivity index (χ3n) is 3.74. The van der Waals surface area contributed by atoms with Gasteiger partial charge in [0.25, 0.3) is 0 Å². The summed E-state index contributed by atoms with van der Waals surface area (Å²) in [4.78, 5) is 47.7. The van der Waals surface area contributed by atoms with E-state index in [4.69, 9.17) is 4.74 Å². The van der Waals surface area contributed by atoms with Gasteiger partial charge in [0.2, 0.25) is 0 Å². The molecule has 0 aliphatic heterocycles.